The summed E-state index contributed by atoms with van der Waals surface area (Å²) in [5.41, 5.74) is 7.44. The Labute approximate surface area is 121 Å². The first kappa shape index (κ1) is 16.5. The molecule has 0 saturated carbocycles. The molecule has 20 heavy (non-hydrogen) atoms. The topological polar surface area (TPSA) is 84.5 Å². The Bertz CT molecular complexity index is 594. The van der Waals surface area contributed by atoms with Crippen molar-refractivity contribution in [1.29, 1.82) is 0 Å². The summed E-state index contributed by atoms with van der Waals surface area (Å²) in [6.45, 7) is 6.32. The fourth-order valence-corrected chi connectivity index (χ4v) is 2.76. The highest BCUT2D eigenvalue weighted by Gasteiger charge is 2.10. The Balaban J connectivity index is 2.80. The minimum atomic E-state index is -3.17. The molecule has 1 aromatic carbocycles. The van der Waals surface area contributed by atoms with Crippen molar-refractivity contribution in [3.63, 3.8) is 0 Å². The molecule has 0 saturated heterocycles. The number of benzene rings is 1. The van der Waals surface area contributed by atoms with E-state index in [1.54, 1.807) is 19.1 Å². The summed E-state index contributed by atoms with van der Waals surface area (Å²) in [6.07, 6.45) is 2.18. The van der Waals surface area contributed by atoms with E-state index in [1.165, 1.54) is 6.26 Å². The van der Waals surface area contributed by atoms with Crippen molar-refractivity contribution in [2.45, 2.75) is 44.7 Å². The lowest BCUT2D eigenvalue weighted by molar-refractivity contribution is 0.601. The molecule has 0 aliphatic carbocycles. The second kappa shape index (κ2) is 6.74. The van der Waals surface area contributed by atoms with Crippen LogP contribution < -0.4 is 11.1 Å². The first-order chi connectivity index (χ1) is 9.24. The number of nitrogens with zero attached hydrogens (tertiary/aromatic N) is 1. The Kier molecular flexibility index (Phi) is 5.56. The van der Waals surface area contributed by atoms with Crippen LogP contribution in [0, 0.1) is 6.92 Å². The molecular formula is C14H23N3O2S. The molecule has 0 heterocycles. The van der Waals surface area contributed by atoms with Crippen LogP contribution in [-0.2, 0) is 16.4 Å². The summed E-state index contributed by atoms with van der Waals surface area (Å²) < 4.78 is 23.1. The summed E-state index contributed by atoms with van der Waals surface area (Å²) >= 11 is 0. The Hall–Kier alpha value is -1.56. The average molecular weight is 297 g/mol. The van der Waals surface area contributed by atoms with Crippen LogP contribution in [0.3, 0.4) is 0 Å². The number of sulfone groups is 1. The number of guanidine groups is 1. The van der Waals surface area contributed by atoms with Crippen molar-refractivity contribution in [3.8, 4) is 0 Å². The van der Waals surface area contributed by atoms with Crippen LogP contribution in [0.4, 0.5) is 0 Å². The van der Waals surface area contributed by atoms with Crippen molar-refractivity contribution in [2.75, 3.05) is 6.26 Å². The summed E-state index contributed by atoms with van der Waals surface area (Å²) in [5, 5.41) is 3.08. The molecule has 0 fully saturated rings. The normalized spacial score (nSPS) is 14.1. The van der Waals surface area contributed by atoms with E-state index in [0.717, 1.165) is 17.5 Å². The summed E-state index contributed by atoms with van der Waals surface area (Å²) in [4.78, 5) is 4.61. The molecule has 0 bridgehead atoms. The number of aryl methyl sites for hydroxylation is 1. The van der Waals surface area contributed by atoms with Gasteiger partial charge in [0, 0.05) is 12.3 Å². The zero-order valence-corrected chi connectivity index (χ0v) is 13.3. The van der Waals surface area contributed by atoms with Crippen LogP contribution in [0.2, 0.25) is 0 Å². The maximum absolute atomic E-state index is 11.5. The van der Waals surface area contributed by atoms with E-state index in [2.05, 4.69) is 17.2 Å². The zero-order chi connectivity index (χ0) is 15.3. The van der Waals surface area contributed by atoms with E-state index in [4.69, 9.17) is 5.73 Å². The van der Waals surface area contributed by atoms with Gasteiger partial charge in [-0.3, -0.25) is 0 Å². The third-order valence-electron chi connectivity index (χ3n) is 3.08. The van der Waals surface area contributed by atoms with Gasteiger partial charge in [-0.15, -0.1) is 0 Å². The Morgan fingerprint density at radius 1 is 1.45 bits per heavy atom. The molecule has 1 unspecified atom stereocenters. The van der Waals surface area contributed by atoms with Gasteiger partial charge < -0.3 is 11.1 Å². The fraction of sp³-hybridized carbons (Fsp3) is 0.500. The fourth-order valence-electron chi connectivity index (χ4n) is 1.80. The number of hydrogen-bond acceptors (Lipinski definition) is 3. The number of hydrogen-bond donors (Lipinski definition) is 2. The highest BCUT2D eigenvalue weighted by Crippen LogP contribution is 2.17. The van der Waals surface area contributed by atoms with Gasteiger partial charge in [0.15, 0.2) is 15.8 Å². The minimum Gasteiger partial charge on any atom is -0.370 e. The maximum Gasteiger partial charge on any atom is 0.189 e. The second-order valence-corrected chi connectivity index (χ2v) is 7.01. The molecule has 0 spiro atoms. The molecule has 1 atom stereocenters. The van der Waals surface area contributed by atoms with Gasteiger partial charge in [-0.1, -0.05) is 19.1 Å². The van der Waals surface area contributed by atoms with Gasteiger partial charge in [0.05, 0.1) is 11.4 Å². The number of nitrogens with two attached hydrogens (primary N) is 1. The summed E-state index contributed by atoms with van der Waals surface area (Å²) in [7, 11) is -3.17. The lowest BCUT2D eigenvalue weighted by Crippen LogP contribution is -2.38. The maximum atomic E-state index is 11.5. The number of rotatable bonds is 5. The molecule has 0 aliphatic heterocycles. The van der Waals surface area contributed by atoms with Crippen molar-refractivity contribution < 1.29 is 8.42 Å². The molecule has 5 nitrogen and oxygen atoms in total. The zero-order valence-electron chi connectivity index (χ0n) is 12.5. The van der Waals surface area contributed by atoms with Crippen LogP contribution in [0.1, 0.15) is 31.4 Å². The molecule has 3 N–H and O–H groups in total. The lowest BCUT2D eigenvalue weighted by atomic mass is 10.1. The molecule has 0 aliphatic rings. The van der Waals surface area contributed by atoms with E-state index in [9.17, 15) is 8.42 Å². The molecule has 1 rings (SSSR count). The third-order valence-corrected chi connectivity index (χ3v) is 4.33. The van der Waals surface area contributed by atoms with E-state index in [1.807, 2.05) is 13.0 Å². The van der Waals surface area contributed by atoms with Crippen LogP contribution in [0.15, 0.2) is 28.1 Å². The smallest absolute Gasteiger partial charge is 0.189 e. The molecule has 0 radical (unpaired) electrons. The lowest BCUT2D eigenvalue weighted by Gasteiger charge is -2.12. The van der Waals surface area contributed by atoms with Crippen LogP contribution in [0.5, 0.6) is 0 Å². The van der Waals surface area contributed by atoms with Crippen LogP contribution >= 0.6 is 0 Å². The van der Waals surface area contributed by atoms with Gasteiger partial charge in [-0.05, 0) is 37.5 Å². The Morgan fingerprint density at radius 3 is 2.60 bits per heavy atom. The molecule has 6 heteroatoms. The molecule has 0 amide bonds. The summed E-state index contributed by atoms with van der Waals surface area (Å²) in [6, 6.07) is 5.50. The van der Waals surface area contributed by atoms with Gasteiger partial charge in [0.1, 0.15) is 0 Å². The quantitative estimate of drug-likeness (QED) is 0.638. The standard InChI is InChI=1S/C14H23N3O2S/c1-5-11(3)17-14(15)16-9-12-6-7-13(10(2)8-12)20(4,18)19/h6-8,11H,5,9H2,1-4H3,(H3,15,16,17). The van der Waals surface area contributed by atoms with E-state index in [-0.39, 0.29) is 6.04 Å². The molecule has 1 aromatic rings. The highest BCUT2D eigenvalue weighted by atomic mass is 32.2. The molecule has 112 valence electrons. The van der Waals surface area contributed by atoms with E-state index in [0.29, 0.717) is 17.4 Å². The second-order valence-electron chi connectivity index (χ2n) is 5.03. The van der Waals surface area contributed by atoms with Gasteiger partial charge in [-0.2, -0.15) is 0 Å². The van der Waals surface area contributed by atoms with Gasteiger partial charge in [-0.25, -0.2) is 13.4 Å². The van der Waals surface area contributed by atoms with E-state index >= 15 is 0 Å². The van der Waals surface area contributed by atoms with Gasteiger partial charge in [0.25, 0.3) is 0 Å². The van der Waals surface area contributed by atoms with Gasteiger partial charge in [0.2, 0.25) is 0 Å². The predicted octanol–water partition coefficient (Wildman–Crippen LogP) is 1.60. The van der Waals surface area contributed by atoms with Crippen molar-refractivity contribution in [2.24, 2.45) is 10.7 Å². The first-order valence-corrected chi connectivity index (χ1v) is 8.49. The average Bonchev–Trinajstić information content (AvgIpc) is 2.34. The largest absolute Gasteiger partial charge is 0.370 e. The van der Waals surface area contributed by atoms with Crippen LogP contribution in [-0.4, -0.2) is 26.7 Å². The SMILES string of the molecule is CCC(C)NC(N)=NCc1ccc(S(C)(=O)=O)c(C)c1. The van der Waals surface area contributed by atoms with Crippen molar-refractivity contribution in [1.82, 2.24) is 5.32 Å². The first-order valence-electron chi connectivity index (χ1n) is 6.60. The van der Waals surface area contributed by atoms with Crippen molar-refractivity contribution in [3.05, 3.63) is 29.3 Å². The van der Waals surface area contributed by atoms with E-state index < -0.39 is 9.84 Å². The van der Waals surface area contributed by atoms with Crippen LogP contribution in [0.25, 0.3) is 0 Å². The molecule has 0 aromatic heterocycles. The highest BCUT2D eigenvalue weighted by molar-refractivity contribution is 7.90. The molecular weight excluding hydrogens is 274 g/mol. The number of nitrogens with one attached hydrogen (secondary N) is 1. The van der Waals surface area contributed by atoms with Gasteiger partial charge >= 0.3 is 0 Å². The predicted molar refractivity (Wildman–Crippen MR) is 82.5 cm³/mol. The monoisotopic (exact) mass is 297 g/mol. The van der Waals surface area contributed by atoms with Crippen molar-refractivity contribution >= 4 is 15.8 Å². The summed E-state index contributed by atoms with van der Waals surface area (Å²) in [5.74, 6) is 0.407. The number of aliphatic imine (C=N–C) groups is 1. The third kappa shape index (κ3) is 4.85. The Morgan fingerprint density at radius 2 is 2.10 bits per heavy atom. The minimum absolute atomic E-state index is 0.285.